The first-order chi connectivity index (χ1) is 6.29. The third-order valence-electron chi connectivity index (χ3n) is 1.43. The van der Waals surface area contributed by atoms with E-state index in [1.807, 2.05) is 42.5 Å². The van der Waals surface area contributed by atoms with Crippen LogP contribution in [0.25, 0.3) is 6.08 Å². The van der Waals surface area contributed by atoms with Crippen molar-refractivity contribution in [3.63, 3.8) is 0 Å². The topological polar surface area (TPSA) is 35.2 Å². The molecular formula is C10H11NOS. The quantitative estimate of drug-likeness (QED) is 0.745. The molecule has 1 rings (SSSR count). The van der Waals surface area contributed by atoms with Crippen molar-refractivity contribution in [2.75, 3.05) is 6.61 Å². The van der Waals surface area contributed by atoms with Crippen molar-refractivity contribution >= 4 is 23.5 Å². The number of ether oxygens (including phenoxy) is 1. The summed E-state index contributed by atoms with van der Waals surface area (Å²) in [7, 11) is 0. The molecule has 0 unspecified atom stereocenters. The van der Waals surface area contributed by atoms with E-state index in [1.54, 1.807) is 0 Å². The maximum Gasteiger partial charge on any atom is 0.254 e. The van der Waals surface area contributed by atoms with Gasteiger partial charge in [-0.15, -0.1) is 0 Å². The van der Waals surface area contributed by atoms with Gasteiger partial charge in [0.2, 0.25) is 0 Å². The molecule has 0 bridgehead atoms. The molecule has 0 radical (unpaired) electrons. The van der Waals surface area contributed by atoms with Gasteiger partial charge in [-0.1, -0.05) is 36.4 Å². The van der Waals surface area contributed by atoms with Gasteiger partial charge >= 0.3 is 0 Å². The zero-order valence-corrected chi connectivity index (χ0v) is 7.96. The van der Waals surface area contributed by atoms with Crippen LogP contribution in [0.4, 0.5) is 0 Å². The van der Waals surface area contributed by atoms with Gasteiger partial charge in [0.1, 0.15) is 6.61 Å². The molecule has 2 nitrogen and oxygen atoms in total. The summed E-state index contributed by atoms with van der Waals surface area (Å²) >= 11 is 4.55. The van der Waals surface area contributed by atoms with Gasteiger partial charge in [0, 0.05) is 0 Å². The average Bonchev–Trinajstić information content (AvgIpc) is 2.14. The summed E-state index contributed by atoms with van der Waals surface area (Å²) in [4.78, 5) is 0. The maximum atomic E-state index is 5.15. The molecule has 0 heterocycles. The van der Waals surface area contributed by atoms with Crippen molar-refractivity contribution in [3.05, 3.63) is 42.0 Å². The Hall–Kier alpha value is -1.35. The lowest BCUT2D eigenvalue weighted by molar-refractivity contribution is 0.355. The lowest BCUT2D eigenvalue weighted by atomic mass is 10.2. The summed E-state index contributed by atoms with van der Waals surface area (Å²) in [5.74, 6) is 0. The van der Waals surface area contributed by atoms with Crippen LogP contribution in [0.15, 0.2) is 36.4 Å². The summed E-state index contributed by atoms with van der Waals surface area (Å²) < 4.78 is 4.89. The first-order valence-electron chi connectivity index (χ1n) is 3.93. The molecule has 3 heteroatoms. The van der Waals surface area contributed by atoms with Crippen molar-refractivity contribution < 1.29 is 4.74 Å². The van der Waals surface area contributed by atoms with Crippen LogP contribution in [0.2, 0.25) is 0 Å². The molecule has 0 saturated carbocycles. The van der Waals surface area contributed by atoms with Crippen LogP contribution in [-0.2, 0) is 4.74 Å². The van der Waals surface area contributed by atoms with E-state index in [2.05, 4.69) is 12.2 Å². The molecule has 13 heavy (non-hydrogen) atoms. The van der Waals surface area contributed by atoms with Gasteiger partial charge in [0.25, 0.3) is 5.17 Å². The minimum Gasteiger partial charge on any atom is -0.467 e. The first kappa shape index (κ1) is 9.74. The third kappa shape index (κ3) is 4.28. The molecule has 1 aromatic rings. The van der Waals surface area contributed by atoms with Crippen LogP contribution in [0, 0.1) is 0 Å². The van der Waals surface area contributed by atoms with Crippen molar-refractivity contribution in [3.8, 4) is 0 Å². The molecule has 2 N–H and O–H groups in total. The van der Waals surface area contributed by atoms with Crippen LogP contribution >= 0.6 is 12.2 Å². The van der Waals surface area contributed by atoms with Crippen molar-refractivity contribution in [2.24, 2.45) is 5.73 Å². The number of hydrogen-bond acceptors (Lipinski definition) is 2. The number of hydrogen-bond donors (Lipinski definition) is 1. The Labute approximate surface area is 83.0 Å². The Bertz CT molecular complexity index is 295. The Balaban J connectivity index is 2.37. The lowest BCUT2D eigenvalue weighted by Crippen LogP contribution is -2.12. The molecule has 0 spiro atoms. The van der Waals surface area contributed by atoms with E-state index in [9.17, 15) is 0 Å². The Morgan fingerprint density at radius 3 is 2.69 bits per heavy atom. The highest BCUT2D eigenvalue weighted by Crippen LogP contribution is 2.00. The molecule has 0 aliphatic rings. The van der Waals surface area contributed by atoms with Gasteiger partial charge < -0.3 is 10.5 Å². The van der Waals surface area contributed by atoms with Gasteiger partial charge in [0.15, 0.2) is 0 Å². The molecule has 0 amide bonds. The van der Waals surface area contributed by atoms with E-state index >= 15 is 0 Å². The summed E-state index contributed by atoms with van der Waals surface area (Å²) in [5.41, 5.74) is 6.28. The molecule has 0 fully saturated rings. The smallest absolute Gasteiger partial charge is 0.254 e. The Kier molecular flexibility index (Phi) is 3.99. The fourth-order valence-electron chi connectivity index (χ4n) is 0.879. The molecule has 68 valence electrons. The van der Waals surface area contributed by atoms with E-state index in [-0.39, 0.29) is 5.17 Å². The molecule has 1 aromatic carbocycles. The average molecular weight is 193 g/mol. The Morgan fingerprint density at radius 1 is 1.38 bits per heavy atom. The van der Waals surface area contributed by atoms with E-state index in [4.69, 9.17) is 10.5 Å². The molecular weight excluding hydrogens is 182 g/mol. The number of rotatable bonds is 3. The van der Waals surface area contributed by atoms with Gasteiger partial charge in [-0.2, -0.15) is 0 Å². The second kappa shape index (κ2) is 5.32. The summed E-state index contributed by atoms with van der Waals surface area (Å²) in [5, 5.41) is 0.0812. The SMILES string of the molecule is NC(=S)OC/C=C/c1ccccc1. The summed E-state index contributed by atoms with van der Waals surface area (Å²) in [6.45, 7) is 0.421. The number of nitrogens with two attached hydrogens (primary N) is 1. The fraction of sp³-hybridized carbons (Fsp3) is 0.100. The fourth-order valence-corrected chi connectivity index (χ4v) is 0.947. The molecule has 0 aromatic heterocycles. The lowest BCUT2D eigenvalue weighted by Gasteiger charge is -1.96. The van der Waals surface area contributed by atoms with Crippen LogP contribution in [0.5, 0.6) is 0 Å². The van der Waals surface area contributed by atoms with E-state index < -0.39 is 0 Å². The summed E-state index contributed by atoms with van der Waals surface area (Å²) in [6, 6.07) is 9.96. The molecule has 0 aliphatic carbocycles. The monoisotopic (exact) mass is 193 g/mol. The van der Waals surface area contributed by atoms with E-state index in [1.165, 1.54) is 0 Å². The van der Waals surface area contributed by atoms with Gasteiger partial charge in [0.05, 0.1) is 0 Å². The highest BCUT2D eigenvalue weighted by molar-refractivity contribution is 7.80. The standard InChI is InChI=1S/C10H11NOS/c11-10(13)12-8-4-7-9-5-2-1-3-6-9/h1-7H,8H2,(H2,11,13)/b7-4+. The number of benzene rings is 1. The van der Waals surface area contributed by atoms with E-state index in [0.717, 1.165) is 5.56 Å². The normalized spacial score (nSPS) is 10.2. The number of thiocarbonyl (C=S) groups is 1. The van der Waals surface area contributed by atoms with Crippen molar-refractivity contribution in [2.45, 2.75) is 0 Å². The highest BCUT2D eigenvalue weighted by atomic mass is 32.1. The predicted octanol–water partition coefficient (Wildman–Crippen LogP) is 1.96. The van der Waals surface area contributed by atoms with Gasteiger partial charge in [-0.3, -0.25) is 0 Å². The van der Waals surface area contributed by atoms with Gasteiger partial charge in [-0.25, -0.2) is 0 Å². The molecule has 0 atom stereocenters. The third-order valence-corrected chi connectivity index (χ3v) is 1.55. The zero-order chi connectivity index (χ0) is 9.52. The minimum atomic E-state index is 0.0812. The van der Waals surface area contributed by atoms with Crippen LogP contribution < -0.4 is 5.73 Å². The van der Waals surface area contributed by atoms with Crippen molar-refractivity contribution in [1.29, 1.82) is 0 Å². The molecule has 0 aliphatic heterocycles. The molecule has 0 saturated heterocycles. The van der Waals surface area contributed by atoms with Crippen molar-refractivity contribution in [1.82, 2.24) is 0 Å². The van der Waals surface area contributed by atoms with Gasteiger partial charge in [-0.05, 0) is 23.9 Å². The van der Waals surface area contributed by atoms with Crippen LogP contribution in [0.1, 0.15) is 5.56 Å². The van der Waals surface area contributed by atoms with E-state index in [0.29, 0.717) is 6.61 Å². The summed E-state index contributed by atoms with van der Waals surface area (Å²) in [6.07, 6.45) is 3.83. The zero-order valence-electron chi connectivity index (χ0n) is 7.14. The van der Waals surface area contributed by atoms with Crippen LogP contribution in [-0.4, -0.2) is 11.8 Å². The second-order valence-electron chi connectivity index (χ2n) is 2.44. The minimum absolute atomic E-state index is 0.0812. The highest BCUT2D eigenvalue weighted by Gasteiger charge is 1.84. The Morgan fingerprint density at radius 2 is 2.08 bits per heavy atom. The largest absolute Gasteiger partial charge is 0.467 e. The van der Waals surface area contributed by atoms with Crippen LogP contribution in [0.3, 0.4) is 0 Å². The second-order valence-corrected chi connectivity index (χ2v) is 2.85. The first-order valence-corrected chi connectivity index (χ1v) is 4.33. The predicted molar refractivity (Wildman–Crippen MR) is 58.2 cm³/mol. The maximum absolute atomic E-state index is 5.15.